The Labute approximate surface area is 93.4 Å². The first kappa shape index (κ1) is 10.9. The van der Waals surface area contributed by atoms with E-state index in [0.29, 0.717) is 12.4 Å². The number of hydrogen-bond acceptors (Lipinski definition) is 3. The minimum Gasteiger partial charge on any atom is -0.465 e. The van der Waals surface area contributed by atoms with Crippen molar-refractivity contribution in [2.75, 3.05) is 6.61 Å². The van der Waals surface area contributed by atoms with Gasteiger partial charge in [-0.3, -0.25) is 0 Å². The van der Waals surface area contributed by atoms with Crippen molar-refractivity contribution >= 4 is 0 Å². The Morgan fingerprint density at radius 2 is 2.31 bits per heavy atom. The third-order valence-electron chi connectivity index (χ3n) is 2.47. The lowest BCUT2D eigenvalue weighted by Crippen LogP contribution is -2.25. The maximum atomic E-state index is 13.3. The molecule has 16 heavy (non-hydrogen) atoms. The number of nitrogens with zero attached hydrogens (tertiary/aromatic N) is 1. The van der Waals surface area contributed by atoms with E-state index in [1.54, 1.807) is 12.1 Å². The van der Waals surface area contributed by atoms with Crippen LogP contribution >= 0.6 is 0 Å². The highest BCUT2D eigenvalue weighted by atomic mass is 19.1. The quantitative estimate of drug-likeness (QED) is 0.770. The molecule has 0 saturated carbocycles. The van der Waals surface area contributed by atoms with Crippen LogP contribution in [0.25, 0.3) is 0 Å². The van der Waals surface area contributed by atoms with Crippen LogP contribution in [0.1, 0.15) is 24.8 Å². The molecule has 0 amide bonds. The van der Waals surface area contributed by atoms with Gasteiger partial charge in [0.15, 0.2) is 6.29 Å². The molecule has 1 aliphatic heterocycles. The highest BCUT2D eigenvalue weighted by Gasteiger charge is 2.15. The molecule has 0 aliphatic carbocycles. The van der Waals surface area contributed by atoms with E-state index in [1.807, 2.05) is 0 Å². The third-order valence-corrected chi connectivity index (χ3v) is 2.47. The number of halogens is 1. The Hall–Kier alpha value is -1.60. The van der Waals surface area contributed by atoms with Crippen LogP contribution in [0.2, 0.25) is 0 Å². The van der Waals surface area contributed by atoms with Gasteiger partial charge in [-0.15, -0.1) is 0 Å². The lowest BCUT2D eigenvalue weighted by atomic mass is 10.2. The summed E-state index contributed by atoms with van der Waals surface area (Å²) in [7, 11) is 0. The zero-order valence-corrected chi connectivity index (χ0v) is 8.78. The second-order valence-corrected chi connectivity index (χ2v) is 3.67. The van der Waals surface area contributed by atoms with Gasteiger partial charge in [-0.2, -0.15) is 5.26 Å². The second kappa shape index (κ2) is 4.95. The van der Waals surface area contributed by atoms with E-state index in [0.717, 1.165) is 19.3 Å². The Bertz CT molecular complexity index is 408. The summed E-state index contributed by atoms with van der Waals surface area (Å²) in [6, 6.07) is 5.98. The first-order chi connectivity index (χ1) is 7.79. The number of nitriles is 1. The minimum absolute atomic E-state index is 0.0249. The monoisotopic (exact) mass is 221 g/mol. The lowest BCUT2D eigenvalue weighted by molar-refractivity contribution is -0.106. The fourth-order valence-electron chi connectivity index (χ4n) is 1.62. The molecular weight excluding hydrogens is 209 g/mol. The van der Waals surface area contributed by atoms with Gasteiger partial charge in [-0.1, -0.05) is 0 Å². The fourth-order valence-corrected chi connectivity index (χ4v) is 1.62. The first-order valence-electron chi connectivity index (χ1n) is 5.27. The van der Waals surface area contributed by atoms with Crippen molar-refractivity contribution in [2.45, 2.75) is 25.6 Å². The van der Waals surface area contributed by atoms with Gasteiger partial charge in [0.2, 0.25) is 0 Å². The van der Waals surface area contributed by atoms with E-state index >= 15 is 0 Å². The Morgan fingerprint density at radius 1 is 1.44 bits per heavy atom. The zero-order chi connectivity index (χ0) is 11.4. The summed E-state index contributed by atoms with van der Waals surface area (Å²) in [6.45, 7) is 0.684. The van der Waals surface area contributed by atoms with E-state index in [4.69, 9.17) is 14.7 Å². The summed E-state index contributed by atoms with van der Waals surface area (Å²) in [5.74, 6) is -0.154. The molecule has 1 heterocycles. The molecule has 1 atom stereocenters. The molecule has 0 N–H and O–H groups in total. The SMILES string of the molecule is N#Cc1ccc(O[C@@H]2CCCCO2)cc1F. The van der Waals surface area contributed by atoms with E-state index in [-0.39, 0.29) is 11.9 Å². The van der Waals surface area contributed by atoms with Crippen LogP contribution in [0.3, 0.4) is 0 Å². The molecule has 1 fully saturated rings. The summed E-state index contributed by atoms with van der Waals surface area (Å²) in [5, 5.41) is 8.58. The van der Waals surface area contributed by atoms with Gasteiger partial charge in [0.05, 0.1) is 12.2 Å². The van der Waals surface area contributed by atoms with Gasteiger partial charge >= 0.3 is 0 Å². The molecule has 1 saturated heterocycles. The standard InChI is InChI=1S/C12H12FNO2/c13-11-7-10(5-4-9(11)8-14)16-12-3-1-2-6-15-12/h4-5,7,12H,1-3,6H2/t12-/m1/s1. The fraction of sp³-hybridized carbons (Fsp3) is 0.417. The lowest BCUT2D eigenvalue weighted by Gasteiger charge is -2.23. The molecule has 2 rings (SSSR count). The molecule has 0 radical (unpaired) electrons. The Balaban J connectivity index is 2.04. The first-order valence-corrected chi connectivity index (χ1v) is 5.27. The molecule has 0 aromatic heterocycles. The Morgan fingerprint density at radius 3 is 2.94 bits per heavy atom. The average Bonchev–Trinajstić information content (AvgIpc) is 2.31. The predicted molar refractivity (Wildman–Crippen MR) is 55.3 cm³/mol. The highest BCUT2D eigenvalue weighted by Crippen LogP contribution is 2.21. The van der Waals surface area contributed by atoms with E-state index < -0.39 is 5.82 Å². The van der Waals surface area contributed by atoms with E-state index in [2.05, 4.69) is 0 Å². The van der Waals surface area contributed by atoms with Gasteiger partial charge in [-0.05, 0) is 25.0 Å². The van der Waals surface area contributed by atoms with Crippen molar-refractivity contribution in [1.82, 2.24) is 0 Å². The number of ether oxygens (including phenoxy) is 2. The van der Waals surface area contributed by atoms with E-state index in [9.17, 15) is 4.39 Å². The molecule has 0 spiro atoms. The summed E-state index contributed by atoms with van der Waals surface area (Å²) in [4.78, 5) is 0. The molecule has 0 bridgehead atoms. The molecular formula is C12H12FNO2. The average molecular weight is 221 g/mol. The predicted octanol–water partition coefficient (Wildman–Crippen LogP) is 2.60. The van der Waals surface area contributed by atoms with Crippen LogP contribution in [0, 0.1) is 17.1 Å². The van der Waals surface area contributed by atoms with Crippen LogP contribution in [0.5, 0.6) is 5.75 Å². The molecule has 1 aromatic rings. The number of rotatable bonds is 2. The summed E-state index contributed by atoms with van der Waals surface area (Å²) >= 11 is 0. The van der Waals surface area contributed by atoms with Gasteiger partial charge in [0, 0.05) is 12.5 Å². The van der Waals surface area contributed by atoms with Crippen LogP contribution in [-0.4, -0.2) is 12.9 Å². The normalized spacial score (nSPS) is 20.1. The zero-order valence-electron chi connectivity index (χ0n) is 8.78. The molecule has 0 unspecified atom stereocenters. The minimum atomic E-state index is -0.559. The van der Waals surface area contributed by atoms with Gasteiger partial charge in [-0.25, -0.2) is 4.39 Å². The molecule has 3 nitrogen and oxygen atoms in total. The van der Waals surface area contributed by atoms with Crippen molar-refractivity contribution in [2.24, 2.45) is 0 Å². The third kappa shape index (κ3) is 2.50. The Kier molecular flexibility index (Phi) is 3.37. The summed E-state index contributed by atoms with van der Waals surface area (Å²) < 4.78 is 24.1. The summed E-state index contributed by atoms with van der Waals surface area (Å²) in [5.41, 5.74) is 0.0249. The van der Waals surface area contributed by atoms with Gasteiger partial charge < -0.3 is 9.47 Å². The van der Waals surface area contributed by atoms with Gasteiger partial charge in [0.25, 0.3) is 0 Å². The summed E-state index contributed by atoms with van der Waals surface area (Å²) in [6.07, 6.45) is 2.63. The van der Waals surface area contributed by atoms with Crippen LogP contribution in [0.4, 0.5) is 4.39 Å². The maximum absolute atomic E-state index is 13.3. The highest BCUT2D eigenvalue weighted by molar-refractivity contribution is 5.36. The molecule has 1 aliphatic rings. The van der Waals surface area contributed by atoms with Crippen LogP contribution in [0.15, 0.2) is 18.2 Å². The molecule has 4 heteroatoms. The second-order valence-electron chi connectivity index (χ2n) is 3.67. The topological polar surface area (TPSA) is 42.2 Å². The van der Waals surface area contributed by atoms with Crippen molar-refractivity contribution in [1.29, 1.82) is 5.26 Å². The van der Waals surface area contributed by atoms with Crippen molar-refractivity contribution in [3.63, 3.8) is 0 Å². The molecule has 84 valence electrons. The maximum Gasteiger partial charge on any atom is 0.199 e. The largest absolute Gasteiger partial charge is 0.465 e. The van der Waals surface area contributed by atoms with E-state index in [1.165, 1.54) is 12.1 Å². The van der Waals surface area contributed by atoms with Gasteiger partial charge in [0.1, 0.15) is 17.6 Å². The van der Waals surface area contributed by atoms with Crippen molar-refractivity contribution < 1.29 is 13.9 Å². The van der Waals surface area contributed by atoms with Crippen LogP contribution in [-0.2, 0) is 4.74 Å². The van der Waals surface area contributed by atoms with Crippen molar-refractivity contribution in [3.05, 3.63) is 29.6 Å². The molecule has 1 aromatic carbocycles. The smallest absolute Gasteiger partial charge is 0.199 e. The number of hydrogen-bond donors (Lipinski definition) is 0. The van der Waals surface area contributed by atoms with Crippen LogP contribution < -0.4 is 4.74 Å². The van der Waals surface area contributed by atoms with Crippen molar-refractivity contribution in [3.8, 4) is 11.8 Å². The number of benzene rings is 1.